The van der Waals surface area contributed by atoms with Crippen molar-refractivity contribution in [3.63, 3.8) is 0 Å². The Labute approximate surface area is 206 Å². The van der Waals surface area contributed by atoms with Gasteiger partial charge in [0.25, 0.3) is 11.7 Å². The fourth-order valence-corrected chi connectivity index (χ4v) is 4.47. The first kappa shape index (κ1) is 23.7. The summed E-state index contributed by atoms with van der Waals surface area (Å²) in [5.74, 6) is -1.17. The summed E-state index contributed by atoms with van der Waals surface area (Å²) in [4.78, 5) is 27.9. The number of carbonyl (C=O) groups excluding carboxylic acids is 2. The number of carbonyl (C=O) groups is 2. The lowest BCUT2D eigenvalue weighted by Crippen LogP contribution is -2.29. The Morgan fingerprint density at radius 3 is 2.29 bits per heavy atom. The van der Waals surface area contributed by atoms with E-state index in [1.807, 2.05) is 25.1 Å². The molecule has 1 unspecified atom stereocenters. The van der Waals surface area contributed by atoms with Crippen molar-refractivity contribution in [1.29, 1.82) is 0 Å². The monoisotopic (exact) mass is 497 g/mol. The zero-order valence-electron chi connectivity index (χ0n) is 18.6. The number of aliphatic hydroxyl groups is 1. The number of nitrogens with zero attached hydrogens (tertiary/aromatic N) is 1. The van der Waals surface area contributed by atoms with E-state index >= 15 is 0 Å². The summed E-state index contributed by atoms with van der Waals surface area (Å²) >= 11 is 12.4. The molecular weight excluding hydrogens is 477 g/mol. The molecule has 8 heteroatoms. The maximum Gasteiger partial charge on any atom is 0.300 e. The van der Waals surface area contributed by atoms with Crippen LogP contribution in [0.3, 0.4) is 0 Å². The zero-order chi connectivity index (χ0) is 24.6. The van der Waals surface area contributed by atoms with Crippen molar-refractivity contribution in [2.75, 3.05) is 19.1 Å². The number of benzene rings is 3. The fourth-order valence-electron chi connectivity index (χ4n) is 4.02. The maximum atomic E-state index is 13.3. The van der Waals surface area contributed by atoms with Gasteiger partial charge in [0, 0.05) is 11.3 Å². The van der Waals surface area contributed by atoms with Crippen LogP contribution in [0.1, 0.15) is 22.7 Å². The summed E-state index contributed by atoms with van der Waals surface area (Å²) < 4.78 is 10.5. The molecule has 1 N–H and O–H groups in total. The van der Waals surface area contributed by atoms with Gasteiger partial charge in [-0.3, -0.25) is 14.5 Å². The Morgan fingerprint density at radius 2 is 1.65 bits per heavy atom. The fraction of sp³-hybridized carbons (Fsp3) is 0.154. The molecule has 174 valence electrons. The van der Waals surface area contributed by atoms with Gasteiger partial charge in [-0.15, -0.1) is 0 Å². The standard InChI is InChI=1S/C26H21Cl2NO5/c1-14-5-4-6-15(11-14)23-22(24(30)16-7-9-18(27)21(12-16)34-3)25(31)26(32)29(23)17-8-10-20(33-2)19(28)13-17/h4-13,23,30H,1-3H3/b24-22+. The van der Waals surface area contributed by atoms with E-state index < -0.39 is 17.7 Å². The lowest BCUT2D eigenvalue weighted by atomic mass is 9.94. The minimum atomic E-state index is -0.883. The molecule has 1 saturated heterocycles. The topological polar surface area (TPSA) is 76.1 Å². The maximum absolute atomic E-state index is 13.3. The third kappa shape index (κ3) is 4.11. The van der Waals surface area contributed by atoms with Crippen LogP contribution < -0.4 is 14.4 Å². The Bertz CT molecular complexity index is 1330. The number of ketones is 1. The summed E-state index contributed by atoms with van der Waals surface area (Å²) in [6, 6.07) is 16.0. The number of hydrogen-bond donors (Lipinski definition) is 1. The molecule has 0 aliphatic carbocycles. The Morgan fingerprint density at radius 1 is 0.912 bits per heavy atom. The highest BCUT2D eigenvalue weighted by molar-refractivity contribution is 6.52. The highest BCUT2D eigenvalue weighted by Crippen LogP contribution is 2.44. The lowest BCUT2D eigenvalue weighted by Gasteiger charge is -2.26. The second kappa shape index (κ2) is 9.41. The van der Waals surface area contributed by atoms with Gasteiger partial charge < -0.3 is 14.6 Å². The van der Waals surface area contributed by atoms with Gasteiger partial charge in [-0.1, -0.05) is 53.0 Å². The highest BCUT2D eigenvalue weighted by atomic mass is 35.5. The number of Topliss-reactive ketones (excluding diaryl/α,β-unsaturated/α-hetero) is 1. The number of rotatable bonds is 5. The van der Waals surface area contributed by atoms with Crippen molar-refractivity contribution < 1.29 is 24.2 Å². The quantitative estimate of drug-likeness (QED) is 0.268. The molecule has 3 aromatic carbocycles. The van der Waals surface area contributed by atoms with Gasteiger partial charge in [-0.05, 0) is 48.9 Å². The average Bonchev–Trinajstić information content (AvgIpc) is 3.09. The first-order chi connectivity index (χ1) is 16.3. The molecule has 0 aromatic heterocycles. The molecule has 1 atom stereocenters. The predicted molar refractivity (Wildman–Crippen MR) is 132 cm³/mol. The van der Waals surface area contributed by atoms with Crippen molar-refractivity contribution >= 4 is 46.3 Å². The van der Waals surface area contributed by atoms with Crippen molar-refractivity contribution in [3.05, 3.63) is 93.0 Å². The van der Waals surface area contributed by atoms with Gasteiger partial charge in [0.2, 0.25) is 0 Å². The van der Waals surface area contributed by atoms with Crippen LogP contribution in [0, 0.1) is 6.92 Å². The molecule has 1 aliphatic rings. The van der Waals surface area contributed by atoms with Crippen molar-refractivity contribution in [1.82, 2.24) is 0 Å². The number of halogens is 2. The van der Waals surface area contributed by atoms with Crippen LogP contribution in [0.25, 0.3) is 5.76 Å². The largest absolute Gasteiger partial charge is 0.507 e. The van der Waals surface area contributed by atoms with E-state index in [2.05, 4.69) is 0 Å². The molecule has 3 aromatic rings. The van der Waals surface area contributed by atoms with Crippen LogP contribution in [0.2, 0.25) is 10.0 Å². The van der Waals surface area contributed by atoms with E-state index in [0.29, 0.717) is 33.3 Å². The number of aliphatic hydroxyl groups excluding tert-OH is 1. The summed E-state index contributed by atoms with van der Waals surface area (Å²) in [6.45, 7) is 1.91. The normalized spacial score (nSPS) is 17.2. The lowest BCUT2D eigenvalue weighted by molar-refractivity contribution is -0.132. The molecule has 6 nitrogen and oxygen atoms in total. The molecule has 1 heterocycles. The van der Waals surface area contributed by atoms with Crippen LogP contribution in [0.4, 0.5) is 5.69 Å². The smallest absolute Gasteiger partial charge is 0.300 e. The van der Waals surface area contributed by atoms with Gasteiger partial charge >= 0.3 is 0 Å². The third-order valence-corrected chi connectivity index (χ3v) is 6.25. The van der Waals surface area contributed by atoms with E-state index in [1.54, 1.807) is 36.4 Å². The molecule has 1 amide bonds. The van der Waals surface area contributed by atoms with Crippen LogP contribution >= 0.6 is 23.2 Å². The highest BCUT2D eigenvalue weighted by Gasteiger charge is 2.47. The predicted octanol–water partition coefficient (Wildman–Crippen LogP) is 5.95. The molecule has 4 rings (SSSR count). The Balaban J connectivity index is 1.95. The molecule has 0 radical (unpaired) electrons. The second-order valence-corrected chi connectivity index (χ2v) is 8.57. The van der Waals surface area contributed by atoms with Crippen LogP contribution in [-0.4, -0.2) is 31.0 Å². The van der Waals surface area contributed by atoms with E-state index in [4.69, 9.17) is 32.7 Å². The first-order valence-corrected chi connectivity index (χ1v) is 11.1. The number of ether oxygens (including phenoxy) is 2. The van der Waals surface area contributed by atoms with Crippen molar-refractivity contribution in [2.24, 2.45) is 0 Å². The van der Waals surface area contributed by atoms with E-state index in [-0.39, 0.29) is 16.4 Å². The second-order valence-electron chi connectivity index (χ2n) is 7.75. The third-order valence-electron chi connectivity index (χ3n) is 5.64. The van der Waals surface area contributed by atoms with Crippen LogP contribution in [0.5, 0.6) is 11.5 Å². The number of methoxy groups -OCH3 is 2. The van der Waals surface area contributed by atoms with Crippen molar-refractivity contribution in [3.8, 4) is 11.5 Å². The molecule has 1 aliphatic heterocycles. The first-order valence-electron chi connectivity index (χ1n) is 10.3. The zero-order valence-corrected chi connectivity index (χ0v) is 20.1. The minimum absolute atomic E-state index is 0.0492. The molecule has 0 spiro atoms. The van der Waals surface area contributed by atoms with Gasteiger partial charge in [0.05, 0.1) is 35.9 Å². The Hall–Kier alpha value is -3.48. The summed E-state index contributed by atoms with van der Waals surface area (Å²) in [5, 5.41) is 11.9. The van der Waals surface area contributed by atoms with Gasteiger partial charge in [0.1, 0.15) is 17.3 Å². The van der Waals surface area contributed by atoms with Gasteiger partial charge in [0.15, 0.2) is 0 Å². The Kier molecular flexibility index (Phi) is 6.55. The molecular formula is C26H21Cl2NO5. The van der Waals surface area contributed by atoms with Gasteiger partial charge in [-0.25, -0.2) is 0 Å². The molecule has 1 fully saturated rings. The molecule has 0 bridgehead atoms. The summed E-state index contributed by atoms with van der Waals surface area (Å²) in [6.07, 6.45) is 0. The number of amides is 1. The van der Waals surface area contributed by atoms with Gasteiger partial charge in [-0.2, -0.15) is 0 Å². The average molecular weight is 498 g/mol. The van der Waals surface area contributed by atoms with E-state index in [9.17, 15) is 14.7 Å². The minimum Gasteiger partial charge on any atom is -0.507 e. The number of aryl methyl sites for hydroxylation is 1. The molecule has 0 saturated carbocycles. The summed E-state index contributed by atoms with van der Waals surface area (Å²) in [7, 11) is 2.93. The number of hydrogen-bond acceptors (Lipinski definition) is 5. The van der Waals surface area contributed by atoms with Crippen LogP contribution in [0.15, 0.2) is 66.2 Å². The summed E-state index contributed by atoms with van der Waals surface area (Å²) in [5.41, 5.74) is 2.24. The van der Waals surface area contributed by atoms with E-state index in [1.165, 1.54) is 25.2 Å². The number of anilines is 1. The SMILES string of the molecule is COc1ccc(N2C(=O)C(=O)/C(=C(/O)c3ccc(Cl)c(OC)c3)C2c2cccc(C)c2)cc1Cl. The molecule has 34 heavy (non-hydrogen) atoms. The van der Waals surface area contributed by atoms with E-state index in [0.717, 1.165) is 5.56 Å². The van der Waals surface area contributed by atoms with Crippen LogP contribution in [-0.2, 0) is 9.59 Å². The van der Waals surface area contributed by atoms with Crippen molar-refractivity contribution in [2.45, 2.75) is 13.0 Å².